The normalized spacial score (nSPS) is 11.9. The van der Waals surface area contributed by atoms with Crippen molar-refractivity contribution in [2.75, 3.05) is 19.1 Å². The average Bonchev–Trinajstić information content (AvgIpc) is 2.27. The zero-order valence-electron chi connectivity index (χ0n) is 8.97. The number of nitrogens with zero attached hydrogens (tertiary/aromatic N) is 2. The van der Waals surface area contributed by atoms with Crippen LogP contribution in [0.2, 0.25) is 0 Å². The molecule has 1 heterocycles. The van der Waals surface area contributed by atoms with Crippen molar-refractivity contribution >= 4 is 11.8 Å². The van der Waals surface area contributed by atoms with Gasteiger partial charge in [0.05, 0.1) is 13.3 Å². The van der Waals surface area contributed by atoms with Gasteiger partial charge in [-0.2, -0.15) is 0 Å². The van der Waals surface area contributed by atoms with Gasteiger partial charge < -0.3 is 14.7 Å². The van der Waals surface area contributed by atoms with Crippen LogP contribution in [0.15, 0.2) is 18.3 Å². The molecule has 1 aromatic heterocycles. The zero-order chi connectivity index (χ0) is 11.4. The van der Waals surface area contributed by atoms with Crippen molar-refractivity contribution in [1.29, 1.82) is 0 Å². The fraction of sp³-hybridized carbons (Fsp3) is 0.400. The van der Waals surface area contributed by atoms with Crippen LogP contribution in [-0.2, 0) is 4.79 Å². The first-order chi connectivity index (χ1) is 7.06. The predicted molar refractivity (Wildman–Crippen MR) is 56.3 cm³/mol. The number of carbonyl (C=O) groups is 1. The SMILES string of the molecule is COc1ccc(N(C)C(C)C(=O)O)nc1. The van der Waals surface area contributed by atoms with Crippen LogP contribution in [0.1, 0.15) is 6.92 Å². The Bertz CT molecular complexity index is 337. The molecule has 0 aromatic carbocycles. The van der Waals surface area contributed by atoms with Crippen molar-refractivity contribution in [3.63, 3.8) is 0 Å². The minimum absolute atomic E-state index is 0.603. The Morgan fingerprint density at radius 2 is 2.27 bits per heavy atom. The maximum atomic E-state index is 10.7. The van der Waals surface area contributed by atoms with E-state index in [0.717, 1.165) is 0 Å². The molecule has 0 fully saturated rings. The highest BCUT2D eigenvalue weighted by atomic mass is 16.5. The highest BCUT2D eigenvalue weighted by Crippen LogP contribution is 2.15. The molecule has 0 amide bonds. The summed E-state index contributed by atoms with van der Waals surface area (Å²) >= 11 is 0. The molecule has 1 atom stereocenters. The summed E-state index contributed by atoms with van der Waals surface area (Å²) in [5.74, 6) is 0.371. The number of ether oxygens (including phenoxy) is 1. The first-order valence-electron chi connectivity index (χ1n) is 4.52. The summed E-state index contributed by atoms with van der Waals surface area (Å²) in [6, 6.07) is 2.86. The van der Waals surface area contributed by atoms with Gasteiger partial charge in [0.2, 0.25) is 0 Å². The van der Waals surface area contributed by atoms with E-state index in [1.807, 2.05) is 0 Å². The quantitative estimate of drug-likeness (QED) is 0.803. The zero-order valence-corrected chi connectivity index (χ0v) is 8.97. The number of carboxylic acid groups (broad SMARTS) is 1. The molecule has 82 valence electrons. The molecule has 5 nitrogen and oxygen atoms in total. The second-order valence-electron chi connectivity index (χ2n) is 3.18. The first-order valence-corrected chi connectivity index (χ1v) is 4.52. The molecular formula is C10H14N2O3. The summed E-state index contributed by atoms with van der Waals surface area (Å²) in [5.41, 5.74) is 0. The molecule has 1 rings (SSSR count). The number of methoxy groups -OCH3 is 1. The van der Waals surface area contributed by atoms with Crippen molar-refractivity contribution < 1.29 is 14.6 Å². The molecule has 0 saturated carbocycles. The van der Waals surface area contributed by atoms with Gasteiger partial charge in [-0.1, -0.05) is 0 Å². The molecule has 0 bridgehead atoms. The van der Waals surface area contributed by atoms with Crippen molar-refractivity contribution in [1.82, 2.24) is 4.98 Å². The van der Waals surface area contributed by atoms with Crippen molar-refractivity contribution in [3.05, 3.63) is 18.3 Å². The van der Waals surface area contributed by atoms with Crippen LogP contribution in [0.5, 0.6) is 5.75 Å². The van der Waals surface area contributed by atoms with E-state index in [9.17, 15) is 4.79 Å². The van der Waals surface area contributed by atoms with Crippen molar-refractivity contribution in [2.24, 2.45) is 0 Å². The van der Waals surface area contributed by atoms with Gasteiger partial charge in [0.1, 0.15) is 17.6 Å². The van der Waals surface area contributed by atoms with Gasteiger partial charge in [-0.3, -0.25) is 0 Å². The molecule has 0 spiro atoms. The summed E-state index contributed by atoms with van der Waals surface area (Å²) in [4.78, 5) is 16.4. The smallest absolute Gasteiger partial charge is 0.326 e. The van der Waals surface area contributed by atoms with Crippen molar-refractivity contribution in [2.45, 2.75) is 13.0 Å². The minimum atomic E-state index is -0.880. The minimum Gasteiger partial charge on any atom is -0.495 e. The Kier molecular flexibility index (Phi) is 3.49. The van der Waals surface area contributed by atoms with Gasteiger partial charge in [-0.05, 0) is 19.1 Å². The van der Waals surface area contributed by atoms with E-state index >= 15 is 0 Å². The number of likely N-dealkylation sites (N-methyl/N-ethyl adjacent to an activating group) is 1. The fourth-order valence-electron chi connectivity index (χ4n) is 1.07. The monoisotopic (exact) mass is 210 g/mol. The summed E-state index contributed by atoms with van der Waals surface area (Å²) in [6.45, 7) is 1.61. The molecule has 0 aliphatic heterocycles. The molecule has 15 heavy (non-hydrogen) atoms. The molecular weight excluding hydrogens is 196 g/mol. The lowest BCUT2D eigenvalue weighted by Gasteiger charge is -2.22. The second-order valence-corrected chi connectivity index (χ2v) is 3.18. The van der Waals surface area contributed by atoms with E-state index < -0.39 is 12.0 Å². The van der Waals surface area contributed by atoms with E-state index in [1.54, 1.807) is 44.3 Å². The third-order valence-corrected chi connectivity index (χ3v) is 2.26. The first kappa shape index (κ1) is 11.3. The van der Waals surface area contributed by atoms with Crippen LogP contribution in [0.4, 0.5) is 5.82 Å². The molecule has 0 aliphatic carbocycles. The maximum absolute atomic E-state index is 10.7. The maximum Gasteiger partial charge on any atom is 0.326 e. The lowest BCUT2D eigenvalue weighted by Crippen LogP contribution is -2.36. The van der Waals surface area contributed by atoms with Crippen LogP contribution >= 0.6 is 0 Å². The molecule has 1 unspecified atom stereocenters. The third kappa shape index (κ3) is 2.59. The van der Waals surface area contributed by atoms with Gasteiger partial charge in [-0.15, -0.1) is 0 Å². The lowest BCUT2D eigenvalue weighted by atomic mass is 10.3. The molecule has 1 N–H and O–H groups in total. The van der Waals surface area contributed by atoms with Gasteiger partial charge in [0.15, 0.2) is 0 Å². The Balaban J connectivity index is 2.82. The number of hydrogen-bond acceptors (Lipinski definition) is 4. The summed E-state index contributed by atoms with van der Waals surface area (Å²) in [5, 5.41) is 8.82. The lowest BCUT2D eigenvalue weighted by molar-refractivity contribution is -0.138. The highest BCUT2D eigenvalue weighted by Gasteiger charge is 2.17. The molecule has 5 heteroatoms. The van der Waals surface area contributed by atoms with Gasteiger partial charge in [0, 0.05) is 7.05 Å². The van der Waals surface area contributed by atoms with Gasteiger partial charge in [-0.25, -0.2) is 9.78 Å². The number of aromatic nitrogens is 1. The van der Waals surface area contributed by atoms with Crippen molar-refractivity contribution in [3.8, 4) is 5.75 Å². The van der Waals surface area contributed by atoms with E-state index in [2.05, 4.69) is 4.98 Å². The van der Waals surface area contributed by atoms with E-state index in [1.165, 1.54) is 0 Å². The number of rotatable bonds is 4. The summed E-state index contributed by atoms with van der Waals surface area (Å²) < 4.78 is 4.96. The van der Waals surface area contributed by atoms with Crippen LogP contribution < -0.4 is 9.64 Å². The fourth-order valence-corrected chi connectivity index (χ4v) is 1.07. The topological polar surface area (TPSA) is 62.7 Å². The van der Waals surface area contributed by atoms with E-state index in [-0.39, 0.29) is 0 Å². The van der Waals surface area contributed by atoms with E-state index in [4.69, 9.17) is 9.84 Å². The number of hydrogen-bond donors (Lipinski definition) is 1. The highest BCUT2D eigenvalue weighted by molar-refractivity contribution is 5.76. The molecule has 0 saturated heterocycles. The Labute approximate surface area is 88.3 Å². The number of anilines is 1. The molecule has 0 radical (unpaired) electrons. The Hall–Kier alpha value is -1.78. The predicted octanol–water partition coefficient (Wildman–Crippen LogP) is 0.999. The van der Waals surface area contributed by atoms with Gasteiger partial charge in [0.25, 0.3) is 0 Å². The number of carboxylic acids is 1. The number of pyridine rings is 1. The summed E-state index contributed by atoms with van der Waals surface area (Å²) in [6.07, 6.45) is 1.56. The molecule has 1 aromatic rings. The second kappa shape index (κ2) is 4.63. The van der Waals surface area contributed by atoms with Crippen LogP contribution in [0, 0.1) is 0 Å². The average molecular weight is 210 g/mol. The third-order valence-electron chi connectivity index (χ3n) is 2.26. The standard InChI is InChI=1S/C10H14N2O3/c1-7(10(13)14)12(2)9-5-4-8(15-3)6-11-9/h4-7H,1-3H3,(H,13,14). The number of aliphatic carboxylic acids is 1. The molecule has 0 aliphatic rings. The Morgan fingerprint density at radius 3 is 2.67 bits per heavy atom. The van der Waals surface area contributed by atoms with Crippen LogP contribution in [0.25, 0.3) is 0 Å². The van der Waals surface area contributed by atoms with Crippen LogP contribution in [-0.4, -0.2) is 36.3 Å². The Morgan fingerprint density at radius 1 is 1.60 bits per heavy atom. The van der Waals surface area contributed by atoms with Crippen LogP contribution in [0.3, 0.4) is 0 Å². The van der Waals surface area contributed by atoms with Gasteiger partial charge >= 0.3 is 5.97 Å². The summed E-state index contributed by atoms with van der Waals surface area (Å²) in [7, 11) is 3.24. The largest absolute Gasteiger partial charge is 0.495 e. The van der Waals surface area contributed by atoms with E-state index in [0.29, 0.717) is 11.6 Å².